The number of aliphatic hydroxyl groups excluding tert-OH is 1. The molecule has 0 bridgehead atoms. The number of hydrogen-bond acceptors (Lipinski definition) is 12. The highest BCUT2D eigenvalue weighted by Crippen LogP contribution is 2.58. The molecule has 3 aromatic rings. The molecule has 0 fully saturated rings. The average molecular weight is 833 g/mol. The summed E-state index contributed by atoms with van der Waals surface area (Å²) in [5.74, 6) is -2.71. The molecule has 1 aromatic heterocycles. The summed E-state index contributed by atoms with van der Waals surface area (Å²) in [6.45, 7) is 3.95. The van der Waals surface area contributed by atoms with E-state index >= 15 is 0 Å². The summed E-state index contributed by atoms with van der Waals surface area (Å²) in [5.41, 5.74) is 0.256. The minimum Gasteiger partial charge on any atom is -0.405 e. The predicted molar refractivity (Wildman–Crippen MR) is 207 cm³/mol. The van der Waals surface area contributed by atoms with Gasteiger partial charge in [0.2, 0.25) is 23.8 Å². The van der Waals surface area contributed by atoms with Gasteiger partial charge in [-0.3, -0.25) is 28.5 Å². The van der Waals surface area contributed by atoms with Crippen LogP contribution in [0.3, 0.4) is 0 Å². The number of hydrogen-bond donors (Lipinski definition) is 8. The molecular weight excluding hydrogens is 785 g/mol. The van der Waals surface area contributed by atoms with Gasteiger partial charge in [0.15, 0.2) is 0 Å². The van der Waals surface area contributed by atoms with E-state index in [2.05, 4.69) is 20.6 Å². The Hall–Kier alpha value is -4.33. The van der Waals surface area contributed by atoms with E-state index in [0.29, 0.717) is 5.69 Å². The largest absolute Gasteiger partial charge is 0.485 e. The second kappa shape index (κ2) is 20.9. The lowest BCUT2D eigenvalue weighted by molar-refractivity contribution is -0.123. The fourth-order valence-corrected chi connectivity index (χ4v) is 7.66. The summed E-state index contributed by atoms with van der Waals surface area (Å²) in [6.07, 6.45) is 6.08. The Balaban J connectivity index is 1.38. The van der Waals surface area contributed by atoms with Gasteiger partial charge in [-0.2, -0.15) is 0 Å². The first-order chi connectivity index (χ1) is 26.9. The van der Waals surface area contributed by atoms with Crippen LogP contribution >= 0.6 is 15.2 Å². The van der Waals surface area contributed by atoms with Crippen molar-refractivity contribution in [3.05, 3.63) is 102 Å². The van der Waals surface area contributed by atoms with Gasteiger partial charge in [0.25, 0.3) is 5.91 Å². The lowest BCUT2D eigenvalue weighted by Gasteiger charge is -2.26. The van der Waals surface area contributed by atoms with Gasteiger partial charge in [0.1, 0.15) is 11.7 Å². The van der Waals surface area contributed by atoms with Gasteiger partial charge in [0.05, 0.1) is 32.0 Å². The highest BCUT2D eigenvalue weighted by atomic mass is 31.2. The molecule has 0 saturated heterocycles. The standard InChI is InChI=1S/C35H47BN6O13P2/c1-23(2)11-14-30(40-32(44)28(18-24-8-5-4-6-9-24)39-33(45)29-20-37-15-16-38-29)36-54-21-25-12-13-27(19-26(25)22-55-36)42(3)35(46)53-17-7-10-31(43)41-34(56(47,48)49)57(50,51)52/h4-6,8-9,11-16,19-20,23,28,30,34-35,46H,7,10,17-18,21-22H2,1-3H3,(H,39,45)(H,40,44)(H,41,43)(H2,47,48,49)(H2,50,51,52)/b14-11+/t28-,30?,35?/m0/s1. The lowest BCUT2D eigenvalue weighted by Crippen LogP contribution is -2.55. The quantitative estimate of drug-likeness (QED) is 0.0280. The number of allylic oxidation sites excluding steroid dienone is 1. The van der Waals surface area contributed by atoms with Gasteiger partial charge in [-0.05, 0) is 41.2 Å². The molecule has 1 aliphatic rings. The number of amides is 3. The first-order valence-corrected chi connectivity index (χ1v) is 21.2. The highest BCUT2D eigenvalue weighted by molar-refractivity contribution is 7.70. The number of anilines is 1. The molecule has 0 aliphatic carbocycles. The summed E-state index contributed by atoms with van der Waals surface area (Å²) in [4.78, 5) is 85.2. The van der Waals surface area contributed by atoms with Gasteiger partial charge >= 0.3 is 22.3 Å². The molecule has 0 saturated carbocycles. The topological polar surface area (TPSA) is 279 Å². The minimum atomic E-state index is -5.34. The van der Waals surface area contributed by atoms with E-state index < -0.39 is 70.4 Å². The van der Waals surface area contributed by atoms with Crippen LogP contribution in [0.5, 0.6) is 0 Å². The average Bonchev–Trinajstić information content (AvgIpc) is 3.38. The molecule has 3 atom stereocenters. The maximum atomic E-state index is 13.9. The number of aromatic nitrogens is 2. The molecule has 57 heavy (non-hydrogen) atoms. The second-order valence-corrected chi connectivity index (χ2v) is 17.2. The van der Waals surface area contributed by atoms with Crippen LogP contribution in [-0.2, 0) is 52.4 Å². The van der Waals surface area contributed by atoms with Crippen molar-refractivity contribution in [1.29, 1.82) is 0 Å². The third-order valence-electron chi connectivity index (χ3n) is 8.48. The zero-order valence-corrected chi connectivity index (χ0v) is 33.2. The highest BCUT2D eigenvalue weighted by Gasteiger charge is 2.44. The Morgan fingerprint density at radius 1 is 0.947 bits per heavy atom. The molecule has 8 N–H and O–H groups in total. The number of rotatable bonds is 19. The normalized spacial score (nSPS) is 15.1. The van der Waals surface area contributed by atoms with Crippen LogP contribution in [0, 0.1) is 5.92 Å². The lowest BCUT2D eigenvalue weighted by atomic mass is 9.77. The molecule has 1 aliphatic heterocycles. The Kier molecular flexibility index (Phi) is 16.6. The van der Waals surface area contributed by atoms with Crippen LogP contribution in [0.25, 0.3) is 0 Å². The first-order valence-electron chi connectivity index (χ1n) is 17.8. The second-order valence-electron chi connectivity index (χ2n) is 13.4. The SMILES string of the molecule is CC(C)/C=C/C(NC(=O)[C@H](Cc1ccccc1)NC(=O)c1cnccn1)B1OCc2ccc(N(C)C(O)OCCCC(=O)NC(P(=O)(O)O)P(=O)(O)O)cc2CO1. The molecule has 4 rings (SSSR count). The van der Waals surface area contributed by atoms with Crippen molar-refractivity contribution in [2.24, 2.45) is 5.92 Å². The molecule has 3 amide bonds. The fraction of sp³-hybridized carbons (Fsp3) is 0.400. The van der Waals surface area contributed by atoms with Crippen molar-refractivity contribution in [2.45, 2.75) is 70.2 Å². The number of ether oxygens (including phenoxy) is 1. The molecule has 22 heteroatoms. The molecule has 2 aromatic carbocycles. The van der Waals surface area contributed by atoms with Gasteiger partial charge in [-0.15, -0.1) is 0 Å². The van der Waals surface area contributed by atoms with Crippen LogP contribution < -0.4 is 20.9 Å². The summed E-state index contributed by atoms with van der Waals surface area (Å²) in [5, 5.41) is 18.1. The van der Waals surface area contributed by atoms with Crippen molar-refractivity contribution in [3.8, 4) is 0 Å². The van der Waals surface area contributed by atoms with E-state index in [1.54, 1.807) is 36.6 Å². The molecule has 308 valence electrons. The number of nitrogens with zero attached hydrogens (tertiary/aromatic N) is 3. The Bertz CT molecular complexity index is 1910. The van der Waals surface area contributed by atoms with Gasteiger partial charge in [-0.1, -0.05) is 62.4 Å². The monoisotopic (exact) mass is 832 g/mol. The molecule has 2 heterocycles. The minimum absolute atomic E-state index is 0.0490. The molecule has 0 spiro atoms. The zero-order valence-electron chi connectivity index (χ0n) is 31.5. The van der Waals surface area contributed by atoms with E-state index in [-0.39, 0.29) is 44.3 Å². The molecule has 2 unspecified atom stereocenters. The Labute approximate surface area is 329 Å². The van der Waals surface area contributed by atoms with Crippen LogP contribution in [0.4, 0.5) is 5.69 Å². The molecule has 0 radical (unpaired) electrons. The van der Waals surface area contributed by atoms with Crippen LogP contribution in [-0.4, -0.2) is 97.1 Å². The Morgan fingerprint density at radius 3 is 2.26 bits per heavy atom. The van der Waals surface area contributed by atoms with E-state index in [4.69, 9.17) is 14.0 Å². The summed E-state index contributed by atoms with van der Waals surface area (Å²) in [7, 11) is -10.1. The number of fused-ring (bicyclic) bond motifs is 1. The van der Waals surface area contributed by atoms with Gasteiger partial charge in [0, 0.05) is 38.0 Å². The molecular formula is C35H47BN6O13P2. The maximum Gasteiger partial charge on any atom is 0.485 e. The summed E-state index contributed by atoms with van der Waals surface area (Å²) < 4.78 is 40.6. The van der Waals surface area contributed by atoms with Gasteiger partial charge in [-0.25, -0.2) is 4.98 Å². The summed E-state index contributed by atoms with van der Waals surface area (Å²) >= 11 is 0. The van der Waals surface area contributed by atoms with E-state index in [0.717, 1.165) is 16.7 Å². The van der Waals surface area contributed by atoms with Crippen LogP contribution in [0.1, 0.15) is 53.9 Å². The van der Waals surface area contributed by atoms with Crippen molar-refractivity contribution >= 4 is 45.7 Å². The van der Waals surface area contributed by atoms with Crippen molar-refractivity contribution in [2.75, 3.05) is 18.6 Å². The smallest absolute Gasteiger partial charge is 0.405 e. The number of benzene rings is 2. The molecule has 19 nitrogen and oxygen atoms in total. The third kappa shape index (κ3) is 14.2. The van der Waals surface area contributed by atoms with Crippen molar-refractivity contribution < 1.29 is 62.2 Å². The number of nitrogens with one attached hydrogen (secondary N) is 3. The fourth-order valence-electron chi connectivity index (χ4n) is 5.47. The third-order valence-corrected chi connectivity index (χ3v) is 11.8. The Morgan fingerprint density at radius 2 is 1.63 bits per heavy atom. The number of aliphatic hydroxyl groups is 1. The maximum absolute atomic E-state index is 13.9. The summed E-state index contributed by atoms with van der Waals surface area (Å²) in [6, 6.07) is 13.5. The van der Waals surface area contributed by atoms with E-state index in [9.17, 15) is 48.2 Å². The van der Waals surface area contributed by atoms with E-state index in [1.807, 2.05) is 50.3 Å². The van der Waals surface area contributed by atoms with Gasteiger partial charge < -0.3 is 59.6 Å². The van der Waals surface area contributed by atoms with Crippen LogP contribution in [0.2, 0.25) is 0 Å². The first kappa shape index (κ1) is 45.4. The predicted octanol–water partition coefficient (Wildman–Crippen LogP) is 1.55. The van der Waals surface area contributed by atoms with E-state index in [1.165, 1.54) is 23.5 Å². The zero-order chi connectivity index (χ0) is 41.8. The number of carbonyl (C=O) groups is 3. The number of carbonyl (C=O) groups excluding carboxylic acids is 3. The van der Waals surface area contributed by atoms with Crippen molar-refractivity contribution in [3.63, 3.8) is 0 Å². The van der Waals surface area contributed by atoms with Crippen molar-refractivity contribution in [1.82, 2.24) is 25.9 Å². The van der Waals surface area contributed by atoms with Crippen LogP contribution in [0.15, 0.2) is 79.3 Å².